The summed E-state index contributed by atoms with van der Waals surface area (Å²) in [5.41, 5.74) is 1.15. The van der Waals surface area contributed by atoms with Crippen LogP contribution < -0.4 is 0 Å². The van der Waals surface area contributed by atoms with Crippen molar-refractivity contribution in [1.29, 1.82) is 0 Å². The molecular weight excluding hydrogens is 178 g/mol. The molecule has 0 heterocycles. The molecule has 0 aliphatic carbocycles. The quantitative estimate of drug-likeness (QED) is 0.742. The lowest BCUT2D eigenvalue weighted by atomic mass is 10.2. The number of aromatic hydroxyl groups is 1. The smallest absolute Gasteiger partial charge is 0.115 e. The average Bonchev–Trinajstić information content (AvgIpc) is 2.20. The summed E-state index contributed by atoms with van der Waals surface area (Å²) in [5.74, 6) is 0.291. The van der Waals surface area contributed by atoms with E-state index < -0.39 is 0 Å². The van der Waals surface area contributed by atoms with Crippen LogP contribution in [0.4, 0.5) is 0 Å². The Morgan fingerprint density at radius 3 is 2.36 bits per heavy atom. The average molecular weight is 195 g/mol. The monoisotopic (exact) mass is 195 g/mol. The summed E-state index contributed by atoms with van der Waals surface area (Å²) in [5, 5.41) is 17.9. The molecule has 0 saturated heterocycles. The minimum atomic E-state index is 0.186. The second-order valence-electron chi connectivity index (χ2n) is 3.26. The molecule has 78 valence electrons. The number of aliphatic hydroxyl groups excluding tert-OH is 1. The highest BCUT2D eigenvalue weighted by molar-refractivity contribution is 5.25. The molecule has 0 unspecified atom stereocenters. The molecule has 0 aliphatic heterocycles. The summed E-state index contributed by atoms with van der Waals surface area (Å²) in [6.45, 7) is 4.68. The fraction of sp³-hybridized carbons (Fsp3) is 0.455. The zero-order chi connectivity index (χ0) is 10.4. The molecule has 3 nitrogen and oxygen atoms in total. The maximum atomic E-state index is 9.10. The molecule has 0 aromatic heterocycles. The van der Waals surface area contributed by atoms with Crippen LogP contribution in [0.1, 0.15) is 12.5 Å². The first-order valence-electron chi connectivity index (χ1n) is 4.87. The molecule has 0 aliphatic rings. The van der Waals surface area contributed by atoms with Gasteiger partial charge in [-0.05, 0) is 24.2 Å². The fourth-order valence-electron chi connectivity index (χ4n) is 1.35. The van der Waals surface area contributed by atoms with E-state index in [1.807, 2.05) is 12.1 Å². The first-order chi connectivity index (χ1) is 6.76. The molecule has 0 saturated carbocycles. The molecule has 1 rings (SSSR count). The molecular formula is C11H17NO2. The predicted octanol–water partition coefficient (Wildman–Crippen LogP) is 1.21. The molecule has 0 fully saturated rings. The third-order valence-electron chi connectivity index (χ3n) is 2.21. The highest BCUT2D eigenvalue weighted by atomic mass is 16.3. The molecule has 14 heavy (non-hydrogen) atoms. The van der Waals surface area contributed by atoms with Gasteiger partial charge in [0.1, 0.15) is 5.75 Å². The van der Waals surface area contributed by atoms with E-state index in [-0.39, 0.29) is 6.61 Å². The zero-order valence-corrected chi connectivity index (χ0v) is 8.48. The summed E-state index contributed by atoms with van der Waals surface area (Å²) >= 11 is 0. The Morgan fingerprint density at radius 2 is 1.86 bits per heavy atom. The lowest BCUT2D eigenvalue weighted by Gasteiger charge is -2.18. The topological polar surface area (TPSA) is 43.7 Å². The minimum Gasteiger partial charge on any atom is -0.508 e. The third-order valence-corrected chi connectivity index (χ3v) is 2.21. The summed E-state index contributed by atoms with van der Waals surface area (Å²) in [4.78, 5) is 2.15. The van der Waals surface area contributed by atoms with E-state index in [1.54, 1.807) is 12.1 Å². The van der Waals surface area contributed by atoms with Crippen molar-refractivity contribution in [3.63, 3.8) is 0 Å². The van der Waals surface area contributed by atoms with E-state index >= 15 is 0 Å². The summed E-state index contributed by atoms with van der Waals surface area (Å²) < 4.78 is 0. The van der Waals surface area contributed by atoms with Crippen LogP contribution in [-0.4, -0.2) is 34.8 Å². The molecule has 3 heteroatoms. The van der Waals surface area contributed by atoms with Gasteiger partial charge in [-0.1, -0.05) is 19.1 Å². The van der Waals surface area contributed by atoms with Crippen molar-refractivity contribution < 1.29 is 10.2 Å². The molecule has 1 aromatic rings. The van der Waals surface area contributed by atoms with Crippen molar-refractivity contribution in [3.8, 4) is 5.75 Å². The highest BCUT2D eigenvalue weighted by Crippen LogP contribution is 2.11. The number of phenols is 1. The lowest BCUT2D eigenvalue weighted by Crippen LogP contribution is -2.25. The van der Waals surface area contributed by atoms with Crippen molar-refractivity contribution in [2.45, 2.75) is 13.5 Å². The van der Waals surface area contributed by atoms with E-state index in [2.05, 4.69) is 11.8 Å². The standard InChI is InChI=1S/C11H17NO2/c1-2-12(7-8-13)9-10-3-5-11(14)6-4-10/h3-6,13-14H,2,7-9H2,1H3. The van der Waals surface area contributed by atoms with E-state index in [0.717, 1.165) is 18.7 Å². The molecule has 0 amide bonds. The normalized spacial score (nSPS) is 10.8. The van der Waals surface area contributed by atoms with Gasteiger partial charge in [0.05, 0.1) is 6.61 Å². The van der Waals surface area contributed by atoms with Crippen molar-refractivity contribution in [2.24, 2.45) is 0 Å². The van der Waals surface area contributed by atoms with Crippen molar-refractivity contribution in [1.82, 2.24) is 4.90 Å². The number of benzene rings is 1. The largest absolute Gasteiger partial charge is 0.508 e. The number of phenolic OH excluding ortho intramolecular Hbond substituents is 1. The van der Waals surface area contributed by atoms with E-state index in [9.17, 15) is 0 Å². The Hall–Kier alpha value is -1.06. The number of likely N-dealkylation sites (N-methyl/N-ethyl adjacent to an activating group) is 1. The summed E-state index contributed by atoms with van der Waals surface area (Å²) in [6.07, 6.45) is 0. The minimum absolute atomic E-state index is 0.186. The van der Waals surface area contributed by atoms with Crippen LogP contribution in [0, 0.1) is 0 Å². The van der Waals surface area contributed by atoms with E-state index in [4.69, 9.17) is 10.2 Å². The van der Waals surface area contributed by atoms with Gasteiger partial charge in [0.25, 0.3) is 0 Å². The Kier molecular flexibility index (Phi) is 4.43. The molecule has 0 spiro atoms. The van der Waals surface area contributed by atoms with Crippen molar-refractivity contribution in [2.75, 3.05) is 19.7 Å². The third kappa shape index (κ3) is 3.36. The SMILES string of the molecule is CCN(CCO)Cc1ccc(O)cc1. The maximum Gasteiger partial charge on any atom is 0.115 e. The van der Waals surface area contributed by atoms with Crippen LogP contribution in [0.2, 0.25) is 0 Å². The zero-order valence-electron chi connectivity index (χ0n) is 8.48. The molecule has 1 aromatic carbocycles. The van der Waals surface area contributed by atoms with Crippen LogP contribution in [0.25, 0.3) is 0 Å². The van der Waals surface area contributed by atoms with E-state index in [0.29, 0.717) is 12.3 Å². The molecule has 0 bridgehead atoms. The van der Waals surface area contributed by atoms with Crippen LogP contribution >= 0.6 is 0 Å². The molecule has 2 N–H and O–H groups in total. The second-order valence-corrected chi connectivity index (χ2v) is 3.26. The van der Waals surface area contributed by atoms with Gasteiger partial charge in [0.15, 0.2) is 0 Å². The van der Waals surface area contributed by atoms with Gasteiger partial charge in [-0.25, -0.2) is 0 Å². The second kappa shape index (κ2) is 5.62. The van der Waals surface area contributed by atoms with Crippen LogP contribution in [0.15, 0.2) is 24.3 Å². The van der Waals surface area contributed by atoms with Crippen LogP contribution in [0.5, 0.6) is 5.75 Å². The fourth-order valence-corrected chi connectivity index (χ4v) is 1.35. The van der Waals surface area contributed by atoms with Gasteiger partial charge in [-0.3, -0.25) is 4.90 Å². The number of hydrogen-bond donors (Lipinski definition) is 2. The number of rotatable bonds is 5. The van der Waals surface area contributed by atoms with Crippen molar-refractivity contribution >= 4 is 0 Å². The number of nitrogens with zero attached hydrogens (tertiary/aromatic N) is 1. The Balaban J connectivity index is 2.53. The number of hydrogen-bond acceptors (Lipinski definition) is 3. The molecule has 0 radical (unpaired) electrons. The van der Waals surface area contributed by atoms with Gasteiger partial charge >= 0.3 is 0 Å². The van der Waals surface area contributed by atoms with E-state index in [1.165, 1.54) is 0 Å². The first kappa shape index (κ1) is 11.0. The van der Waals surface area contributed by atoms with Gasteiger partial charge in [0, 0.05) is 13.1 Å². The summed E-state index contributed by atoms with van der Waals surface area (Å²) in [6, 6.07) is 7.16. The first-order valence-corrected chi connectivity index (χ1v) is 4.87. The van der Waals surface area contributed by atoms with Crippen LogP contribution in [0.3, 0.4) is 0 Å². The van der Waals surface area contributed by atoms with Gasteiger partial charge in [0.2, 0.25) is 0 Å². The maximum absolute atomic E-state index is 9.10. The Labute approximate surface area is 84.6 Å². The van der Waals surface area contributed by atoms with Crippen LogP contribution in [-0.2, 0) is 6.54 Å². The van der Waals surface area contributed by atoms with Crippen molar-refractivity contribution in [3.05, 3.63) is 29.8 Å². The Morgan fingerprint density at radius 1 is 1.21 bits per heavy atom. The van der Waals surface area contributed by atoms with Gasteiger partial charge in [-0.2, -0.15) is 0 Å². The Bertz CT molecular complexity index is 258. The summed E-state index contributed by atoms with van der Waals surface area (Å²) in [7, 11) is 0. The predicted molar refractivity (Wildman–Crippen MR) is 56.1 cm³/mol. The van der Waals surface area contributed by atoms with Gasteiger partial charge in [-0.15, -0.1) is 0 Å². The van der Waals surface area contributed by atoms with Gasteiger partial charge < -0.3 is 10.2 Å². The molecule has 0 atom stereocenters. The number of aliphatic hydroxyl groups is 1. The lowest BCUT2D eigenvalue weighted by molar-refractivity contribution is 0.197. The highest BCUT2D eigenvalue weighted by Gasteiger charge is 2.02.